The summed E-state index contributed by atoms with van der Waals surface area (Å²) in [5.41, 5.74) is 2.25. The number of anilines is 1. The molecule has 2 aromatic rings. The van der Waals surface area contributed by atoms with Crippen LogP contribution in [0.1, 0.15) is 162 Å². The summed E-state index contributed by atoms with van der Waals surface area (Å²) in [6, 6.07) is 14.4. The third-order valence-electron chi connectivity index (χ3n) is 17.7. The number of unbranched alkanes of at least 4 members (excludes halogenated alkanes) is 3. The van der Waals surface area contributed by atoms with Gasteiger partial charge in [0.25, 0.3) is 0 Å². The summed E-state index contributed by atoms with van der Waals surface area (Å²) < 4.78 is 18.1. The van der Waals surface area contributed by atoms with Gasteiger partial charge in [0.15, 0.2) is 11.6 Å². The van der Waals surface area contributed by atoms with Crippen LogP contribution in [0.15, 0.2) is 54.6 Å². The van der Waals surface area contributed by atoms with E-state index in [1.54, 1.807) is 47.9 Å². The second kappa shape index (κ2) is 37.1. The highest BCUT2D eigenvalue weighted by Gasteiger charge is 2.44. The van der Waals surface area contributed by atoms with Gasteiger partial charge in [-0.2, -0.15) is 0 Å². The zero-order valence-corrected chi connectivity index (χ0v) is 53.8. The van der Waals surface area contributed by atoms with Crippen LogP contribution in [0.25, 0.3) is 0 Å². The van der Waals surface area contributed by atoms with Crippen LogP contribution in [-0.2, 0) is 70.4 Å². The van der Waals surface area contributed by atoms with Crippen molar-refractivity contribution < 1.29 is 62.5 Å². The van der Waals surface area contributed by atoms with Gasteiger partial charge in [0.2, 0.25) is 29.5 Å². The molecule has 2 saturated heterocycles. The predicted octanol–water partition coefficient (Wildman–Crippen LogP) is 8.58. The number of carbonyl (C=O) groups is 9. The molecule has 2 fully saturated rings. The molecule has 0 spiro atoms. The Balaban J connectivity index is 1.27. The van der Waals surface area contributed by atoms with Gasteiger partial charge in [0.1, 0.15) is 12.4 Å². The van der Waals surface area contributed by atoms with Crippen molar-refractivity contribution >= 4 is 58.5 Å². The Morgan fingerprint density at radius 2 is 1.34 bits per heavy atom. The molecular formula is C67H104N6O13. The molecule has 2 aromatic carbocycles. The van der Waals surface area contributed by atoms with Gasteiger partial charge in [-0.05, 0) is 106 Å². The highest BCUT2D eigenvalue weighted by atomic mass is 16.5. The summed E-state index contributed by atoms with van der Waals surface area (Å²) in [5, 5.41) is 15.1. The number of hydrogen-bond acceptors (Lipinski definition) is 13. The first-order chi connectivity index (χ1) is 40.9. The second-order valence-corrected chi connectivity index (χ2v) is 25.0. The van der Waals surface area contributed by atoms with E-state index in [0.717, 1.165) is 30.4 Å². The number of methoxy groups -OCH3 is 2. The smallest absolute Gasteiger partial charge is 0.306 e. The number of piperidine rings is 1. The minimum atomic E-state index is -0.929. The molecule has 2 heterocycles. The summed E-state index contributed by atoms with van der Waals surface area (Å²) in [7, 11) is 8.61. The topological polar surface area (TPSA) is 239 Å². The average molecular weight is 1200 g/mol. The van der Waals surface area contributed by atoms with E-state index < -0.39 is 60.0 Å². The van der Waals surface area contributed by atoms with Crippen molar-refractivity contribution in [3.8, 4) is 0 Å². The van der Waals surface area contributed by atoms with Gasteiger partial charge in [-0.25, -0.2) is 0 Å². The number of benzene rings is 2. The first kappa shape index (κ1) is 72.6. The van der Waals surface area contributed by atoms with Gasteiger partial charge in [-0.3, -0.25) is 48.1 Å². The minimum absolute atomic E-state index is 0.0157. The fourth-order valence-corrected chi connectivity index (χ4v) is 12.5. The van der Waals surface area contributed by atoms with Crippen LogP contribution >= 0.6 is 0 Å². The number of likely N-dealkylation sites (N-methyl/N-ethyl adjacent to an activating group) is 2. The first-order valence-electron chi connectivity index (χ1n) is 31.6. The fraction of sp³-hybridized carbons (Fsp3) is 0.687. The van der Waals surface area contributed by atoms with E-state index in [1.807, 2.05) is 103 Å². The molecule has 2 aliphatic heterocycles. The average Bonchev–Trinajstić information content (AvgIpc) is 2.49. The van der Waals surface area contributed by atoms with E-state index in [4.69, 9.17) is 14.2 Å². The minimum Gasteiger partial charge on any atom is -0.481 e. The van der Waals surface area contributed by atoms with Gasteiger partial charge in [-0.1, -0.05) is 110 Å². The lowest BCUT2D eigenvalue weighted by Gasteiger charge is -2.41. The third kappa shape index (κ3) is 22.7. The summed E-state index contributed by atoms with van der Waals surface area (Å²) in [4.78, 5) is 127. The predicted molar refractivity (Wildman–Crippen MR) is 332 cm³/mol. The van der Waals surface area contributed by atoms with Gasteiger partial charge in [-0.15, -0.1) is 0 Å². The molecule has 5 amide bonds. The molecule has 0 aromatic heterocycles. The SMILES string of the molecule is CC[C@H](C)[C@@H]([C@@H](CC(=O)N1CCC[C@H]1[C@H](OC)[C@@H](C)C(=O)N[C@@H](Cc1ccccc1)C(=O)COCc1ccc(NC(=O)CCCCCCC(=O)CCCC(=O)N2CCC(C(=O)O)CC2)cc1)OC)N(C)C(=O)[C@@H](CC(=O)[C@H](C(C)C)N(C)C)C(C)C. The molecule has 480 valence electrons. The molecule has 86 heavy (non-hydrogen) atoms. The summed E-state index contributed by atoms with van der Waals surface area (Å²) in [5.74, 6) is -3.69. The van der Waals surface area contributed by atoms with E-state index in [2.05, 4.69) is 10.6 Å². The van der Waals surface area contributed by atoms with Crippen LogP contribution in [0.2, 0.25) is 0 Å². The molecule has 0 radical (unpaired) electrons. The summed E-state index contributed by atoms with van der Waals surface area (Å²) in [6.07, 6.45) is 6.77. The maximum absolute atomic E-state index is 14.6. The number of aliphatic carboxylic acids is 1. The number of carboxylic acids is 1. The third-order valence-corrected chi connectivity index (χ3v) is 17.7. The van der Waals surface area contributed by atoms with Crippen molar-refractivity contribution in [1.82, 2.24) is 24.9 Å². The zero-order valence-electron chi connectivity index (χ0n) is 53.8. The Bertz CT molecular complexity index is 2470. The molecule has 0 aliphatic carbocycles. The number of Topliss-reactive ketones (excluding diaryl/α,β-unsaturated/α-hetero) is 3. The number of rotatable bonds is 39. The molecule has 0 bridgehead atoms. The normalized spacial score (nSPS) is 17.5. The van der Waals surface area contributed by atoms with Crippen molar-refractivity contribution in [2.75, 3.05) is 66.9 Å². The molecule has 19 nitrogen and oxygen atoms in total. The Kier molecular flexibility index (Phi) is 31.3. The molecule has 0 unspecified atom stereocenters. The summed E-state index contributed by atoms with van der Waals surface area (Å²) >= 11 is 0. The largest absolute Gasteiger partial charge is 0.481 e. The Morgan fingerprint density at radius 3 is 1.92 bits per heavy atom. The zero-order chi connectivity index (χ0) is 63.6. The highest BCUT2D eigenvalue weighted by Crippen LogP contribution is 2.32. The van der Waals surface area contributed by atoms with Crippen molar-refractivity contribution in [3.63, 3.8) is 0 Å². The number of carboxylic acid groups (broad SMARTS) is 1. The number of ketones is 3. The fourth-order valence-electron chi connectivity index (χ4n) is 12.5. The molecule has 3 N–H and O–H groups in total. The molecule has 9 atom stereocenters. The van der Waals surface area contributed by atoms with Crippen LogP contribution < -0.4 is 10.6 Å². The number of ether oxygens (including phenoxy) is 3. The highest BCUT2D eigenvalue weighted by molar-refractivity contribution is 5.92. The van der Waals surface area contributed by atoms with E-state index in [-0.39, 0.29) is 104 Å². The Hall–Kier alpha value is -5.89. The first-order valence-corrected chi connectivity index (χ1v) is 31.6. The lowest BCUT2D eigenvalue weighted by Crippen LogP contribution is -2.55. The van der Waals surface area contributed by atoms with E-state index in [1.165, 1.54) is 7.11 Å². The number of carbonyl (C=O) groups excluding carboxylic acids is 8. The lowest BCUT2D eigenvalue weighted by molar-refractivity contribution is -0.149. The molecular weight excluding hydrogens is 1100 g/mol. The second-order valence-electron chi connectivity index (χ2n) is 25.0. The van der Waals surface area contributed by atoms with Crippen LogP contribution in [0.5, 0.6) is 0 Å². The molecule has 2 aliphatic rings. The molecule has 4 rings (SSSR count). The number of amides is 5. The van der Waals surface area contributed by atoms with E-state index in [0.29, 0.717) is 89.5 Å². The molecule has 0 saturated carbocycles. The van der Waals surface area contributed by atoms with Crippen molar-refractivity contribution in [1.29, 1.82) is 0 Å². The van der Waals surface area contributed by atoms with Crippen LogP contribution in [0, 0.1) is 35.5 Å². The number of nitrogens with one attached hydrogen (secondary N) is 2. The Labute approximate surface area is 512 Å². The quantitative estimate of drug-likeness (QED) is 0.0532. The van der Waals surface area contributed by atoms with Crippen LogP contribution in [-0.4, -0.2) is 176 Å². The monoisotopic (exact) mass is 1200 g/mol. The van der Waals surface area contributed by atoms with Crippen molar-refractivity contribution in [2.24, 2.45) is 35.5 Å². The van der Waals surface area contributed by atoms with E-state index in [9.17, 15) is 48.3 Å². The Morgan fingerprint density at radius 1 is 0.698 bits per heavy atom. The standard InChI is InChI=1S/C67H104N6O13/c1-13-46(6)63(71(10)66(81)53(44(2)3)40-56(75)62(45(4)5)70(8)9)58(84-11)41-61(79)73-36-22-27-55(73)64(85-12)47(7)65(80)69-54(39-48-23-17-16-18-24-48)57(76)43-86-42-49-30-32-51(33-31-49)68-59(77)28-20-15-14-19-25-52(74)26-21-29-60(78)72-37-34-50(35-38-72)67(82)83/h16-18,23-24,30-33,44-47,50,53-55,58,62-64H,13-15,19-22,25-29,34-43H2,1-12H3,(H,68,77)(H,69,80)(H,82,83)/t46-,47+,53-,54-,55-,58+,62-,63-,64+/m0/s1. The van der Waals surface area contributed by atoms with Gasteiger partial charge in [0.05, 0.1) is 61.2 Å². The molecule has 19 heteroatoms. The van der Waals surface area contributed by atoms with Gasteiger partial charge >= 0.3 is 5.97 Å². The van der Waals surface area contributed by atoms with Crippen molar-refractivity contribution in [2.45, 2.75) is 201 Å². The van der Waals surface area contributed by atoms with Crippen LogP contribution in [0.3, 0.4) is 0 Å². The van der Waals surface area contributed by atoms with Crippen molar-refractivity contribution in [3.05, 3.63) is 65.7 Å². The lowest BCUT2D eigenvalue weighted by atomic mass is 9.83. The number of hydrogen-bond donors (Lipinski definition) is 3. The number of likely N-dealkylation sites (tertiary alicyclic amines) is 2. The maximum atomic E-state index is 14.6. The van der Waals surface area contributed by atoms with Crippen LogP contribution in [0.4, 0.5) is 5.69 Å². The van der Waals surface area contributed by atoms with Gasteiger partial charge < -0.3 is 44.7 Å². The maximum Gasteiger partial charge on any atom is 0.306 e. The number of nitrogens with zero attached hydrogens (tertiary/aromatic N) is 4. The van der Waals surface area contributed by atoms with Gasteiger partial charge in [0, 0.05) is 84.6 Å². The van der Waals surface area contributed by atoms with E-state index >= 15 is 0 Å². The summed E-state index contributed by atoms with van der Waals surface area (Å²) in [6.45, 7) is 15.0.